The number of para-hydroxylation sites is 1. The summed E-state index contributed by atoms with van der Waals surface area (Å²) < 4.78 is 0. The molecule has 0 spiro atoms. The van der Waals surface area contributed by atoms with Crippen molar-refractivity contribution in [3.8, 4) is 0 Å². The van der Waals surface area contributed by atoms with Gasteiger partial charge in [0, 0.05) is 23.1 Å². The van der Waals surface area contributed by atoms with E-state index in [1.807, 2.05) is 0 Å². The lowest BCUT2D eigenvalue weighted by Gasteiger charge is -2.23. The number of nitro benzene ring substituents is 1. The minimum Gasteiger partial charge on any atom is -0.306 e. The van der Waals surface area contributed by atoms with Crippen LogP contribution >= 0.6 is 0 Å². The Bertz CT molecular complexity index is 859. The lowest BCUT2D eigenvalue weighted by Crippen LogP contribution is -2.30. The van der Waals surface area contributed by atoms with Crippen LogP contribution in [0.25, 0.3) is 4.85 Å². The van der Waals surface area contributed by atoms with E-state index in [9.17, 15) is 10.1 Å². The summed E-state index contributed by atoms with van der Waals surface area (Å²) in [6.45, 7) is 7.64. The highest BCUT2D eigenvalue weighted by atomic mass is 16.6. The fraction of sp³-hybridized carbons (Fsp3) is 0.312. The highest BCUT2D eigenvalue weighted by Gasteiger charge is 2.47. The fourth-order valence-electron chi connectivity index (χ4n) is 3.25. The van der Waals surface area contributed by atoms with Gasteiger partial charge in [-0.3, -0.25) is 15.2 Å². The molecule has 0 saturated heterocycles. The Morgan fingerprint density at radius 1 is 1.30 bits per heavy atom. The standard InChI is InChI=1S/C16H13N5O2/c1-17-15-13(10-4-2-3-5-12(10)21(22)23)11-8-18-20-16(11)19-14(15)9-6-7-9/h2-5,8-9,13,15H,6-7H2,(H,18,20). The second-order valence-corrected chi connectivity index (χ2v) is 5.85. The van der Waals surface area contributed by atoms with E-state index in [4.69, 9.17) is 6.57 Å². The topological polar surface area (TPSA) is 88.5 Å². The Morgan fingerprint density at radius 3 is 2.78 bits per heavy atom. The SMILES string of the molecule is [C-]#[N+]C1C(C2CC2)=Nc2[nH]ncc2C1c1ccccc1[N+](=O)[O-]. The number of fused-ring (bicyclic) bond motifs is 1. The summed E-state index contributed by atoms with van der Waals surface area (Å²) in [7, 11) is 0. The molecule has 2 unspecified atom stereocenters. The summed E-state index contributed by atoms with van der Waals surface area (Å²) in [6.07, 6.45) is 3.68. The maximum absolute atomic E-state index is 11.4. The second kappa shape index (κ2) is 5.02. The Balaban J connectivity index is 1.92. The van der Waals surface area contributed by atoms with Gasteiger partial charge in [-0.1, -0.05) is 18.2 Å². The lowest BCUT2D eigenvalue weighted by atomic mass is 9.80. The third-order valence-electron chi connectivity index (χ3n) is 4.45. The van der Waals surface area contributed by atoms with Gasteiger partial charge < -0.3 is 4.85 Å². The number of nitrogens with zero attached hydrogens (tertiary/aromatic N) is 4. The molecule has 1 fully saturated rings. The number of aromatic amines is 1. The summed E-state index contributed by atoms with van der Waals surface area (Å²) in [4.78, 5) is 19.4. The maximum Gasteiger partial charge on any atom is 0.273 e. The van der Waals surface area contributed by atoms with E-state index in [-0.39, 0.29) is 5.69 Å². The van der Waals surface area contributed by atoms with Crippen LogP contribution in [0.2, 0.25) is 0 Å². The number of H-pyrrole nitrogens is 1. The van der Waals surface area contributed by atoms with Gasteiger partial charge in [-0.25, -0.2) is 11.6 Å². The summed E-state index contributed by atoms with van der Waals surface area (Å²) in [6, 6.07) is 6.12. The zero-order chi connectivity index (χ0) is 16.0. The van der Waals surface area contributed by atoms with Crippen molar-refractivity contribution in [1.29, 1.82) is 0 Å². The predicted octanol–water partition coefficient (Wildman–Crippen LogP) is 3.23. The number of nitrogens with one attached hydrogen (secondary N) is 1. The molecule has 2 aliphatic rings. The van der Waals surface area contributed by atoms with Gasteiger partial charge in [-0.2, -0.15) is 5.10 Å². The summed E-state index contributed by atoms with van der Waals surface area (Å²) in [5.74, 6) is 0.529. The van der Waals surface area contributed by atoms with E-state index < -0.39 is 16.9 Å². The van der Waals surface area contributed by atoms with Crippen LogP contribution in [0.3, 0.4) is 0 Å². The molecular formula is C16H13N5O2. The molecule has 1 aromatic heterocycles. The van der Waals surface area contributed by atoms with Crippen molar-refractivity contribution < 1.29 is 4.92 Å². The predicted molar refractivity (Wildman–Crippen MR) is 83.7 cm³/mol. The number of hydrogen-bond acceptors (Lipinski definition) is 4. The minimum atomic E-state index is -0.506. The van der Waals surface area contributed by atoms with Gasteiger partial charge >= 0.3 is 0 Å². The van der Waals surface area contributed by atoms with Crippen molar-refractivity contribution in [2.45, 2.75) is 24.8 Å². The summed E-state index contributed by atoms with van der Waals surface area (Å²) in [5.41, 5.74) is 2.18. The van der Waals surface area contributed by atoms with Crippen LogP contribution in [0.1, 0.15) is 29.9 Å². The smallest absolute Gasteiger partial charge is 0.273 e. The number of benzene rings is 1. The second-order valence-electron chi connectivity index (χ2n) is 5.85. The third-order valence-corrected chi connectivity index (χ3v) is 4.45. The Morgan fingerprint density at radius 2 is 2.09 bits per heavy atom. The first-order chi connectivity index (χ1) is 11.2. The molecule has 0 amide bonds. The van der Waals surface area contributed by atoms with Crippen LogP contribution in [0, 0.1) is 22.6 Å². The van der Waals surface area contributed by atoms with Crippen LogP contribution in [-0.4, -0.2) is 26.9 Å². The molecule has 1 aliphatic carbocycles. The van der Waals surface area contributed by atoms with Gasteiger partial charge in [0.2, 0.25) is 0 Å². The third kappa shape index (κ3) is 2.11. The number of aromatic nitrogens is 2. The molecule has 0 bridgehead atoms. The van der Waals surface area contributed by atoms with Crippen molar-refractivity contribution in [2.24, 2.45) is 10.9 Å². The molecule has 7 heteroatoms. The first kappa shape index (κ1) is 13.6. The summed E-state index contributed by atoms with van der Waals surface area (Å²) >= 11 is 0. The van der Waals surface area contributed by atoms with Crippen molar-refractivity contribution in [3.63, 3.8) is 0 Å². The normalized spacial score (nSPS) is 22.8. The van der Waals surface area contributed by atoms with Gasteiger partial charge in [0.1, 0.15) is 11.6 Å². The molecule has 7 nitrogen and oxygen atoms in total. The van der Waals surface area contributed by atoms with Crippen molar-refractivity contribution >= 4 is 17.2 Å². The van der Waals surface area contributed by atoms with Crippen molar-refractivity contribution in [3.05, 3.63) is 63.1 Å². The molecule has 2 heterocycles. The minimum absolute atomic E-state index is 0.0374. The molecule has 2 atom stereocenters. The van der Waals surface area contributed by atoms with Gasteiger partial charge in [-0.05, 0) is 12.8 Å². The average molecular weight is 307 g/mol. The Hall–Kier alpha value is -3.01. The number of nitro groups is 1. The van der Waals surface area contributed by atoms with E-state index in [1.54, 1.807) is 24.4 Å². The maximum atomic E-state index is 11.4. The number of aliphatic imine (C=N–C) groups is 1. The first-order valence-corrected chi connectivity index (χ1v) is 7.42. The van der Waals surface area contributed by atoms with Crippen LogP contribution < -0.4 is 0 Å². The Kier molecular flexibility index (Phi) is 2.98. The highest BCUT2D eigenvalue weighted by molar-refractivity contribution is 5.99. The Labute approximate surface area is 132 Å². The van der Waals surface area contributed by atoms with Gasteiger partial charge in [0.15, 0.2) is 5.82 Å². The number of hydrogen-bond donors (Lipinski definition) is 1. The van der Waals surface area contributed by atoms with Gasteiger partial charge in [-0.15, -0.1) is 0 Å². The van der Waals surface area contributed by atoms with E-state index in [2.05, 4.69) is 20.0 Å². The average Bonchev–Trinajstić information content (AvgIpc) is 3.30. The molecule has 1 aliphatic heterocycles. The molecular weight excluding hydrogens is 294 g/mol. The van der Waals surface area contributed by atoms with Crippen LogP contribution in [-0.2, 0) is 0 Å². The van der Waals surface area contributed by atoms with E-state index in [0.29, 0.717) is 17.3 Å². The molecule has 1 aromatic carbocycles. The van der Waals surface area contributed by atoms with Gasteiger partial charge in [0.25, 0.3) is 11.7 Å². The quantitative estimate of drug-likeness (QED) is 0.536. The van der Waals surface area contributed by atoms with Crippen molar-refractivity contribution in [1.82, 2.24) is 10.2 Å². The zero-order valence-electron chi connectivity index (χ0n) is 12.1. The van der Waals surface area contributed by atoms with Crippen LogP contribution in [0.4, 0.5) is 11.5 Å². The van der Waals surface area contributed by atoms with E-state index >= 15 is 0 Å². The zero-order valence-corrected chi connectivity index (χ0v) is 12.1. The highest BCUT2D eigenvalue weighted by Crippen LogP contribution is 2.46. The first-order valence-electron chi connectivity index (χ1n) is 7.42. The molecule has 1 saturated carbocycles. The lowest BCUT2D eigenvalue weighted by molar-refractivity contribution is -0.385. The van der Waals surface area contributed by atoms with E-state index in [0.717, 1.165) is 24.1 Å². The molecule has 114 valence electrons. The molecule has 2 aromatic rings. The largest absolute Gasteiger partial charge is 0.306 e. The monoisotopic (exact) mass is 307 g/mol. The van der Waals surface area contributed by atoms with E-state index in [1.165, 1.54) is 6.07 Å². The van der Waals surface area contributed by atoms with Crippen molar-refractivity contribution in [2.75, 3.05) is 0 Å². The number of rotatable bonds is 3. The fourth-order valence-corrected chi connectivity index (χ4v) is 3.25. The molecule has 1 N–H and O–H groups in total. The molecule has 4 rings (SSSR count). The van der Waals surface area contributed by atoms with Crippen LogP contribution in [0.15, 0.2) is 35.5 Å². The molecule has 0 radical (unpaired) electrons. The summed E-state index contributed by atoms with van der Waals surface area (Å²) in [5, 5.41) is 18.3. The molecule has 23 heavy (non-hydrogen) atoms. The van der Waals surface area contributed by atoms with Gasteiger partial charge in [0.05, 0.1) is 11.1 Å². The van der Waals surface area contributed by atoms with Crippen LogP contribution in [0.5, 0.6) is 0 Å².